The van der Waals surface area contributed by atoms with Crippen molar-refractivity contribution in [3.8, 4) is 11.4 Å². The van der Waals surface area contributed by atoms with E-state index in [2.05, 4.69) is 34.2 Å². The van der Waals surface area contributed by atoms with Crippen LogP contribution in [-0.4, -0.2) is 26.8 Å². The highest BCUT2D eigenvalue weighted by Crippen LogP contribution is 2.18. The molecule has 19 heavy (non-hydrogen) atoms. The standard InChI is InChI=1S/C14H21N5/c1-4-6-12-8-13(15-3)18-14(17-12)11-9-16-19(10-11)7-5-2/h8-10H,4-7H2,1-3H3,(H,15,17,18). The summed E-state index contributed by atoms with van der Waals surface area (Å²) >= 11 is 0. The van der Waals surface area contributed by atoms with E-state index in [0.717, 1.165) is 48.7 Å². The zero-order valence-electron chi connectivity index (χ0n) is 11.8. The predicted molar refractivity (Wildman–Crippen MR) is 77.1 cm³/mol. The van der Waals surface area contributed by atoms with E-state index in [4.69, 9.17) is 0 Å². The van der Waals surface area contributed by atoms with Crippen molar-refractivity contribution in [1.29, 1.82) is 0 Å². The van der Waals surface area contributed by atoms with Crippen LogP contribution in [-0.2, 0) is 13.0 Å². The Hall–Kier alpha value is -1.91. The summed E-state index contributed by atoms with van der Waals surface area (Å²) in [5.41, 5.74) is 2.04. The summed E-state index contributed by atoms with van der Waals surface area (Å²) in [6, 6.07) is 2.00. The number of nitrogens with one attached hydrogen (secondary N) is 1. The minimum absolute atomic E-state index is 0.748. The van der Waals surface area contributed by atoms with Crippen molar-refractivity contribution in [1.82, 2.24) is 19.7 Å². The number of hydrogen-bond donors (Lipinski definition) is 1. The van der Waals surface area contributed by atoms with Crippen LogP contribution in [0.3, 0.4) is 0 Å². The van der Waals surface area contributed by atoms with E-state index in [9.17, 15) is 0 Å². The van der Waals surface area contributed by atoms with E-state index in [0.29, 0.717) is 0 Å². The first-order valence-corrected chi connectivity index (χ1v) is 6.85. The molecular formula is C14H21N5. The molecule has 0 atom stereocenters. The zero-order valence-corrected chi connectivity index (χ0v) is 11.8. The first kappa shape index (κ1) is 13.5. The Kier molecular flexibility index (Phi) is 4.49. The molecule has 0 fully saturated rings. The number of aryl methyl sites for hydroxylation is 2. The van der Waals surface area contributed by atoms with Gasteiger partial charge in [0.15, 0.2) is 5.82 Å². The highest BCUT2D eigenvalue weighted by atomic mass is 15.3. The van der Waals surface area contributed by atoms with Gasteiger partial charge in [0, 0.05) is 31.5 Å². The number of hydrogen-bond acceptors (Lipinski definition) is 4. The minimum Gasteiger partial charge on any atom is -0.373 e. The van der Waals surface area contributed by atoms with Crippen LogP contribution in [0, 0.1) is 0 Å². The van der Waals surface area contributed by atoms with Gasteiger partial charge in [-0.15, -0.1) is 0 Å². The van der Waals surface area contributed by atoms with Gasteiger partial charge in [0.25, 0.3) is 0 Å². The molecule has 2 rings (SSSR count). The summed E-state index contributed by atoms with van der Waals surface area (Å²) < 4.78 is 1.93. The first-order valence-electron chi connectivity index (χ1n) is 6.85. The fraction of sp³-hybridized carbons (Fsp3) is 0.500. The Morgan fingerprint density at radius 1 is 1.21 bits per heavy atom. The lowest BCUT2D eigenvalue weighted by Crippen LogP contribution is -2.00. The lowest BCUT2D eigenvalue weighted by Gasteiger charge is -2.05. The van der Waals surface area contributed by atoms with Crippen molar-refractivity contribution in [2.45, 2.75) is 39.7 Å². The van der Waals surface area contributed by atoms with Crippen molar-refractivity contribution in [3.63, 3.8) is 0 Å². The average Bonchev–Trinajstić information content (AvgIpc) is 2.88. The number of nitrogens with zero attached hydrogens (tertiary/aromatic N) is 4. The summed E-state index contributed by atoms with van der Waals surface area (Å²) in [5.74, 6) is 1.61. The highest BCUT2D eigenvalue weighted by molar-refractivity contribution is 5.55. The Morgan fingerprint density at radius 3 is 2.74 bits per heavy atom. The van der Waals surface area contributed by atoms with Gasteiger partial charge < -0.3 is 5.32 Å². The molecule has 0 aliphatic carbocycles. The molecule has 0 aromatic carbocycles. The number of anilines is 1. The van der Waals surface area contributed by atoms with Crippen LogP contribution in [0.1, 0.15) is 32.4 Å². The number of rotatable bonds is 6. The quantitative estimate of drug-likeness (QED) is 0.866. The lowest BCUT2D eigenvalue weighted by atomic mass is 10.2. The summed E-state index contributed by atoms with van der Waals surface area (Å²) in [4.78, 5) is 9.11. The molecule has 2 heterocycles. The third kappa shape index (κ3) is 3.30. The maximum atomic E-state index is 4.61. The third-order valence-corrected chi connectivity index (χ3v) is 2.89. The van der Waals surface area contributed by atoms with Crippen molar-refractivity contribution in [2.24, 2.45) is 0 Å². The van der Waals surface area contributed by atoms with Gasteiger partial charge in [0.2, 0.25) is 0 Å². The van der Waals surface area contributed by atoms with Crippen LogP contribution >= 0.6 is 0 Å². The average molecular weight is 259 g/mol. The second-order valence-electron chi connectivity index (χ2n) is 4.56. The molecule has 0 saturated heterocycles. The minimum atomic E-state index is 0.748. The molecule has 102 valence electrons. The Balaban J connectivity index is 2.33. The van der Waals surface area contributed by atoms with E-state index in [-0.39, 0.29) is 0 Å². The molecule has 0 spiro atoms. The molecule has 0 amide bonds. The molecule has 0 radical (unpaired) electrons. The smallest absolute Gasteiger partial charge is 0.164 e. The third-order valence-electron chi connectivity index (χ3n) is 2.89. The van der Waals surface area contributed by atoms with Gasteiger partial charge in [-0.05, 0) is 12.8 Å². The van der Waals surface area contributed by atoms with Crippen molar-refractivity contribution in [2.75, 3.05) is 12.4 Å². The first-order chi connectivity index (χ1) is 9.26. The van der Waals surface area contributed by atoms with Gasteiger partial charge in [-0.3, -0.25) is 4.68 Å². The van der Waals surface area contributed by atoms with Gasteiger partial charge in [-0.25, -0.2) is 9.97 Å². The maximum absolute atomic E-state index is 4.61. The van der Waals surface area contributed by atoms with Crippen molar-refractivity contribution in [3.05, 3.63) is 24.2 Å². The van der Waals surface area contributed by atoms with Crippen LogP contribution in [0.2, 0.25) is 0 Å². The van der Waals surface area contributed by atoms with Gasteiger partial charge in [-0.1, -0.05) is 20.3 Å². The van der Waals surface area contributed by atoms with Gasteiger partial charge in [-0.2, -0.15) is 5.10 Å². The van der Waals surface area contributed by atoms with Gasteiger partial charge >= 0.3 is 0 Å². The summed E-state index contributed by atoms with van der Waals surface area (Å²) in [5, 5.41) is 7.42. The monoisotopic (exact) mass is 259 g/mol. The summed E-state index contributed by atoms with van der Waals surface area (Å²) in [6.45, 7) is 5.21. The SMILES string of the molecule is CCCc1cc(NC)nc(-c2cnn(CCC)c2)n1. The largest absolute Gasteiger partial charge is 0.373 e. The van der Waals surface area contributed by atoms with Crippen LogP contribution in [0.15, 0.2) is 18.5 Å². The molecule has 2 aromatic rings. The van der Waals surface area contributed by atoms with Crippen LogP contribution in [0.25, 0.3) is 11.4 Å². The zero-order chi connectivity index (χ0) is 13.7. The molecule has 0 saturated carbocycles. The van der Waals surface area contributed by atoms with Crippen molar-refractivity contribution >= 4 is 5.82 Å². The normalized spacial score (nSPS) is 10.7. The predicted octanol–water partition coefficient (Wildman–Crippen LogP) is 2.74. The fourth-order valence-corrected chi connectivity index (χ4v) is 1.97. The molecule has 1 N–H and O–H groups in total. The molecule has 2 aromatic heterocycles. The second kappa shape index (κ2) is 6.31. The molecule has 0 aliphatic heterocycles. The Morgan fingerprint density at radius 2 is 2.05 bits per heavy atom. The van der Waals surface area contributed by atoms with E-state index in [1.165, 1.54) is 0 Å². The topological polar surface area (TPSA) is 55.6 Å². The Bertz CT molecular complexity index is 532. The lowest BCUT2D eigenvalue weighted by molar-refractivity contribution is 0.603. The van der Waals surface area contributed by atoms with Crippen LogP contribution in [0.4, 0.5) is 5.82 Å². The molecule has 0 unspecified atom stereocenters. The van der Waals surface area contributed by atoms with Crippen LogP contribution < -0.4 is 5.32 Å². The number of aromatic nitrogens is 4. The molecular weight excluding hydrogens is 238 g/mol. The van der Waals surface area contributed by atoms with E-state index in [1.54, 1.807) is 0 Å². The molecule has 0 aliphatic rings. The van der Waals surface area contributed by atoms with Crippen molar-refractivity contribution < 1.29 is 0 Å². The van der Waals surface area contributed by atoms with E-state index < -0.39 is 0 Å². The van der Waals surface area contributed by atoms with Gasteiger partial charge in [0.05, 0.1) is 11.8 Å². The van der Waals surface area contributed by atoms with E-state index >= 15 is 0 Å². The fourth-order valence-electron chi connectivity index (χ4n) is 1.97. The highest BCUT2D eigenvalue weighted by Gasteiger charge is 2.08. The van der Waals surface area contributed by atoms with Gasteiger partial charge in [0.1, 0.15) is 5.82 Å². The molecule has 5 heteroatoms. The van der Waals surface area contributed by atoms with Crippen LogP contribution in [0.5, 0.6) is 0 Å². The second-order valence-corrected chi connectivity index (χ2v) is 4.56. The summed E-state index contributed by atoms with van der Waals surface area (Å²) in [6.07, 6.45) is 6.95. The molecule has 5 nitrogen and oxygen atoms in total. The summed E-state index contributed by atoms with van der Waals surface area (Å²) in [7, 11) is 1.88. The molecule has 0 bridgehead atoms. The Labute approximate surface area is 114 Å². The van der Waals surface area contributed by atoms with E-state index in [1.807, 2.05) is 30.2 Å². The maximum Gasteiger partial charge on any atom is 0.164 e.